The molecular weight excluding hydrogens is 410 g/mol. The summed E-state index contributed by atoms with van der Waals surface area (Å²) in [5, 5.41) is 0. The first-order valence-corrected chi connectivity index (χ1v) is 7.63. The molecule has 0 unspecified atom stereocenters. The lowest BCUT2D eigenvalue weighted by Gasteiger charge is -2.05. The Morgan fingerprint density at radius 1 is 0.643 bits per heavy atom. The molecule has 0 atom stereocenters. The number of ether oxygens (including phenoxy) is 1. The van der Waals surface area contributed by atoms with Gasteiger partial charge in [-0.05, 0) is 48.5 Å². The predicted octanol–water partition coefficient (Wildman–Crippen LogP) is 6.27. The Morgan fingerprint density at radius 3 is 1.25 bits per heavy atom. The van der Waals surface area contributed by atoms with E-state index < -0.39 is 23.5 Å². The highest BCUT2D eigenvalue weighted by atomic mass is 35.5. The Balaban J connectivity index is 0.00000392. The summed E-state index contributed by atoms with van der Waals surface area (Å²) < 4.78 is 79.7. The first-order valence-electron chi connectivity index (χ1n) is 7.63. The van der Waals surface area contributed by atoms with Crippen molar-refractivity contribution in [3.8, 4) is 0 Å². The van der Waals surface area contributed by atoms with E-state index >= 15 is 0 Å². The Labute approximate surface area is 163 Å². The fourth-order valence-corrected chi connectivity index (χ4v) is 1.93. The van der Waals surface area contributed by atoms with E-state index in [4.69, 9.17) is 4.74 Å². The second kappa shape index (κ2) is 10.2. The van der Waals surface area contributed by atoms with Crippen LogP contribution < -0.4 is 0 Å². The Hall–Kier alpha value is -2.39. The molecule has 3 nitrogen and oxygen atoms in total. The van der Waals surface area contributed by atoms with Crippen LogP contribution in [0.3, 0.4) is 0 Å². The van der Waals surface area contributed by atoms with Crippen LogP contribution in [0.2, 0.25) is 0 Å². The summed E-state index contributed by atoms with van der Waals surface area (Å²) in [4.78, 5) is 7.90. The second-order valence-corrected chi connectivity index (χ2v) is 5.25. The monoisotopic (exact) mass is 424 g/mol. The number of hydrogen-bond donors (Lipinski definition) is 0. The molecule has 0 aliphatic rings. The fraction of sp³-hybridized carbons (Fsp3) is 0.222. The molecular formula is C18H15ClF6N2O. The molecule has 28 heavy (non-hydrogen) atoms. The maximum Gasteiger partial charge on any atom is 0.416 e. The number of rotatable bonds is 6. The minimum Gasteiger partial charge on any atom is -0.370 e. The lowest BCUT2D eigenvalue weighted by molar-refractivity contribution is -0.138. The van der Waals surface area contributed by atoms with Crippen molar-refractivity contribution in [3.63, 3.8) is 0 Å². The summed E-state index contributed by atoms with van der Waals surface area (Å²) in [6.45, 7) is 0.195. The van der Waals surface area contributed by atoms with Gasteiger partial charge in [0.05, 0.1) is 35.7 Å². The molecule has 10 heteroatoms. The van der Waals surface area contributed by atoms with Crippen LogP contribution in [0, 0.1) is 0 Å². The minimum absolute atomic E-state index is 0. The molecule has 152 valence electrons. The van der Waals surface area contributed by atoms with Gasteiger partial charge < -0.3 is 4.74 Å². The van der Waals surface area contributed by atoms with Crippen LogP contribution in [0.15, 0.2) is 58.5 Å². The molecule has 0 N–H and O–H groups in total. The van der Waals surface area contributed by atoms with Gasteiger partial charge >= 0.3 is 12.4 Å². The minimum atomic E-state index is -4.39. The van der Waals surface area contributed by atoms with Crippen LogP contribution in [-0.2, 0) is 17.1 Å². The molecule has 2 aromatic carbocycles. The van der Waals surface area contributed by atoms with E-state index in [1.54, 1.807) is 0 Å². The van der Waals surface area contributed by atoms with Crippen molar-refractivity contribution in [2.24, 2.45) is 9.98 Å². The topological polar surface area (TPSA) is 34.0 Å². The third-order valence-electron chi connectivity index (χ3n) is 3.25. The maximum atomic E-state index is 12.4. The molecule has 0 saturated carbocycles. The average molecular weight is 425 g/mol. The lowest BCUT2D eigenvalue weighted by atomic mass is 10.2. The Morgan fingerprint density at radius 2 is 0.964 bits per heavy atom. The van der Waals surface area contributed by atoms with Crippen molar-refractivity contribution in [3.05, 3.63) is 59.7 Å². The van der Waals surface area contributed by atoms with Crippen molar-refractivity contribution in [2.45, 2.75) is 12.4 Å². The quantitative estimate of drug-likeness (QED) is 0.306. The number of nitrogens with zero attached hydrogens (tertiary/aromatic N) is 2. The van der Waals surface area contributed by atoms with E-state index in [-0.39, 0.29) is 25.6 Å². The Bertz CT molecular complexity index is 716. The smallest absolute Gasteiger partial charge is 0.370 e. The summed E-state index contributed by atoms with van der Waals surface area (Å²) in [7, 11) is 0. The predicted molar refractivity (Wildman–Crippen MR) is 97.3 cm³/mol. The van der Waals surface area contributed by atoms with Crippen LogP contribution in [0.1, 0.15) is 11.1 Å². The van der Waals surface area contributed by atoms with Crippen molar-refractivity contribution < 1.29 is 31.1 Å². The van der Waals surface area contributed by atoms with E-state index in [1.807, 2.05) is 0 Å². The molecule has 0 aromatic heterocycles. The largest absolute Gasteiger partial charge is 0.416 e. The van der Waals surface area contributed by atoms with Gasteiger partial charge in [0.25, 0.3) is 0 Å². The summed E-state index contributed by atoms with van der Waals surface area (Å²) in [6, 6.07) is 8.70. The molecule has 2 rings (SSSR count). The van der Waals surface area contributed by atoms with Gasteiger partial charge in [0, 0.05) is 12.4 Å². The van der Waals surface area contributed by atoms with Crippen molar-refractivity contribution >= 4 is 36.2 Å². The van der Waals surface area contributed by atoms with Crippen LogP contribution in [0.25, 0.3) is 0 Å². The summed E-state index contributed by atoms with van der Waals surface area (Å²) in [5.74, 6) is 0. The zero-order chi connectivity index (χ0) is 19.9. The van der Waals surface area contributed by atoms with Gasteiger partial charge in [0.15, 0.2) is 0 Å². The number of alkyl halides is 6. The van der Waals surface area contributed by atoms with Crippen molar-refractivity contribution in [2.75, 3.05) is 13.2 Å². The van der Waals surface area contributed by atoms with Gasteiger partial charge in [0.1, 0.15) is 0 Å². The van der Waals surface area contributed by atoms with Gasteiger partial charge in [-0.25, -0.2) is 0 Å². The highest BCUT2D eigenvalue weighted by molar-refractivity contribution is 5.85. The number of hydrogen-bond acceptors (Lipinski definition) is 3. The van der Waals surface area contributed by atoms with E-state index in [1.165, 1.54) is 36.7 Å². The van der Waals surface area contributed by atoms with Gasteiger partial charge in [-0.1, -0.05) is 0 Å². The highest BCUT2D eigenvalue weighted by Gasteiger charge is 2.30. The van der Waals surface area contributed by atoms with Crippen molar-refractivity contribution in [1.29, 1.82) is 0 Å². The third kappa shape index (κ3) is 7.69. The molecule has 0 radical (unpaired) electrons. The number of aliphatic imine (C=N–C) groups is 2. The summed E-state index contributed by atoms with van der Waals surface area (Å²) in [5.41, 5.74) is -0.801. The normalized spacial score (nSPS) is 12.5. The van der Waals surface area contributed by atoms with Crippen LogP contribution in [0.5, 0.6) is 0 Å². The first kappa shape index (κ1) is 23.6. The molecule has 0 spiro atoms. The fourth-order valence-electron chi connectivity index (χ4n) is 1.93. The third-order valence-corrected chi connectivity index (χ3v) is 3.25. The molecule has 0 bridgehead atoms. The van der Waals surface area contributed by atoms with Crippen LogP contribution >= 0.6 is 12.4 Å². The van der Waals surface area contributed by atoms with E-state index in [0.717, 1.165) is 24.3 Å². The highest BCUT2D eigenvalue weighted by Crippen LogP contribution is 2.31. The summed E-state index contributed by atoms with van der Waals surface area (Å²) in [6.07, 6.45) is -6.02. The first-order chi connectivity index (χ1) is 12.7. The zero-order valence-corrected chi connectivity index (χ0v) is 15.0. The van der Waals surface area contributed by atoms with E-state index in [9.17, 15) is 26.3 Å². The van der Waals surface area contributed by atoms with Gasteiger partial charge in [-0.15, -0.1) is 12.4 Å². The standard InChI is InChI=1S/C18H14F6N2O.ClH/c19-17(20,21)13-1-5-15(6-2-13)25-9-11-27-12-10-26-16-7-3-14(4-8-16)18(22,23)24;/h1-10H,11-12H2;1H. The molecule has 0 fully saturated rings. The van der Waals surface area contributed by atoms with Gasteiger partial charge in [-0.2, -0.15) is 26.3 Å². The van der Waals surface area contributed by atoms with Crippen molar-refractivity contribution in [1.82, 2.24) is 0 Å². The molecule has 0 amide bonds. The van der Waals surface area contributed by atoms with Gasteiger partial charge in [0.2, 0.25) is 0 Å². The SMILES string of the molecule is Cl.FC(F)(F)c1ccc(N=CCOCC=Nc2ccc(C(F)(F)F)cc2)cc1. The number of benzene rings is 2. The number of halogens is 7. The van der Waals surface area contributed by atoms with Crippen LogP contribution in [-0.4, -0.2) is 25.6 Å². The molecule has 2 aromatic rings. The molecule has 0 aliphatic heterocycles. The average Bonchev–Trinajstić information content (AvgIpc) is 2.60. The lowest BCUT2D eigenvalue weighted by Crippen LogP contribution is -2.03. The maximum absolute atomic E-state index is 12.4. The Kier molecular flexibility index (Phi) is 8.64. The van der Waals surface area contributed by atoms with Gasteiger partial charge in [-0.3, -0.25) is 9.98 Å². The van der Waals surface area contributed by atoms with E-state index in [0.29, 0.717) is 11.4 Å². The second-order valence-electron chi connectivity index (χ2n) is 5.25. The molecule has 0 heterocycles. The molecule has 0 saturated heterocycles. The zero-order valence-electron chi connectivity index (χ0n) is 14.2. The van der Waals surface area contributed by atoms with Crippen LogP contribution in [0.4, 0.5) is 37.7 Å². The molecule has 0 aliphatic carbocycles. The van der Waals surface area contributed by atoms with E-state index in [2.05, 4.69) is 9.98 Å². The summed E-state index contributed by atoms with van der Waals surface area (Å²) >= 11 is 0.